The summed E-state index contributed by atoms with van der Waals surface area (Å²) < 4.78 is 0. The van der Waals surface area contributed by atoms with Crippen LogP contribution in [0.3, 0.4) is 0 Å². The number of benzene rings is 2. The van der Waals surface area contributed by atoms with Crippen molar-refractivity contribution in [3.63, 3.8) is 0 Å². The molecular formula is C23H18N6O3. The van der Waals surface area contributed by atoms with Crippen LogP contribution in [0.2, 0.25) is 0 Å². The second-order valence-electron chi connectivity index (χ2n) is 7.47. The van der Waals surface area contributed by atoms with Gasteiger partial charge in [0, 0.05) is 23.2 Å². The molecule has 3 aromatic heterocycles. The van der Waals surface area contributed by atoms with Gasteiger partial charge in [-0.2, -0.15) is 0 Å². The van der Waals surface area contributed by atoms with E-state index in [4.69, 9.17) is 20.8 Å². The molecule has 5 rings (SSSR count). The van der Waals surface area contributed by atoms with E-state index in [9.17, 15) is 9.59 Å². The first-order valence-corrected chi connectivity index (χ1v) is 9.98. The lowest BCUT2D eigenvalue weighted by Crippen LogP contribution is -2.43. The zero-order valence-electron chi connectivity index (χ0n) is 16.8. The third-order valence-electron chi connectivity index (χ3n) is 5.28. The molecule has 9 heteroatoms. The van der Waals surface area contributed by atoms with E-state index in [-0.39, 0.29) is 6.42 Å². The van der Waals surface area contributed by atoms with Crippen LogP contribution in [0.25, 0.3) is 43.9 Å². The molecule has 1 atom stereocenters. The summed E-state index contributed by atoms with van der Waals surface area (Å²) in [6, 6.07) is 12.3. The third-order valence-corrected chi connectivity index (χ3v) is 5.28. The number of nitrogens with zero attached hydrogens (tertiary/aromatic N) is 4. The van der Waals surface area contributed by atoms with E-state index in [2.05, 4.69) is 15.3 Å². The van der Waals surface area contributed by atoms with Crippen molar-refractivity contribution in [2.75, 3.05) is 6.54 Å². The summed E-state index contributed by atoms with van der Waals surface area (Å²) in [7, 11) is 0. The van der Waals surface area contributed by atoms with Gasteiger partial charge >= 0.3 is 5.97 Å². The molecule has 0 fully saturated rings. The quantitative estimate of drug-likeness (QED) is 0.286. The molecule has 9 nitrogen and oxygen atoms in total. The van der Waals surface area contributed by atoms with Gasteiger partial charge in [0.05, 0.1) is 39.1 Å². The zero-order valence-corrected chi connectivity index (χ0v) is 16.8. The van der Waals surface area contributed by atoms with Gasteiger partial charge in [-0.05, 0) is 48.4 Å². The van der Waals surface area contributed by atoms with Crippen molar-refractivity contribution in [1.29, 1.82) is 0 Å². The van der Waals surface area contributed by atoms with Crippen molar-refractivity contribution in [3.8, 4) is 0 Å². The Morgan fingerprint density at radius 3 is 2.16 bits per heavy atom. The maximum atomic E-state index is 12.0. The van der Waals surface area contributed by atoms with Crippen molar-refractivity contribution in [2.24, 2.45) is 5.73 Å². The number of carboxylic acid groups (broad SMARTS) is 1. The van der Waals surface area contributed by atoms with Crippen LogP contribution in [-0.2, 0) is 16.0 Å². The van der Waals surface area contributed by atoms with Crippen LogP contribution in [0.5, 0.6) is 0 Å². The van der Waals surface area contributed by atoms with Gasteiger partial charge in [0.2, 0.25) is 5.91 Å². The summed E-state index contributed by atoms with van der Waals surface area (Å²) >= 11 is 0. The molecule has 2 aromatic carbocycles. The number of hydrogen-bond acceptors (Lipinski definition) is 7. The minimum Gasteiger partial charge on any atom is -0.480 e. The Kier molecular flexibility index (Phi) is 4.79. The Morgan fingerprint density at radius 1 is 0.906 bits per heavy atom. The third kappa shape index (κ3) is 3.44. The molecule has 0 saturated heterocycles. The van der Waals surface area contributed by atoms with Gasteiger partial charge < -0.3 is 16.2 Å². The average molecular weight is 426 g/mol. The van der Waals surface area contributed by atoms with Crippen LogP contribution in [0, 0.1) is 0 Å². The molecule has 32 heavy (non-hydrogen) atoms. The maximum Gasteiger partial charge on any atom is 0.322 e. The van der Waals surface area contributed by atoms with Gasteiger partial charge in [0.1, 0.15) is 6.54 Å². The van der Waals surface area contributed by atoms with Gasteiger partial charge in [0.15, 0.2) is 0 Å². The molecule has 1 amide bonds. The number of carboxylic acids is 1. The van der Waals surface area contributed by atoms with Crippen LogP contribution in [-0.4, -0.2) is 49.5 Å². The first-order valence-electron chi connectivity index (χ1n) is 9.98. The second-order valence-corrected chi connectivity index (χ2v) is 7.47. The topological polar surface area (TPSA) is 144 Å². The number of carbonyl (C=O) groups is 2. The maximum absolute atomic E-state index is 12.0. The molecule has 4 N–H and O–H groups in total. The van der Waals surface area contributed by atoms with E-state index in [0.717, 1.165) is 38.4 Å². The fraction of sp³-hybridized carbons (Fsp3) is 0.130. The molecule has 5 aromatic rings. The van der Waals surface area contributed by atoms with Crippen molar-refractivity contribution in [2.45, 2.75) is 12.5 Å². The Labute approximate surface area is 181 Å². The molecule has 0 saturated carbocycles. The van der Waals surface area contributed by atoms with E-state index in [1.54, 1.807) is 12.4 Å². The van der Waals surface area contributed by atoms with Gasteiger partial charge in [0.25, 0.3) is 0 Å². The van der Waals surface area contributed by atoms with E-state index >= 15 is 0 Å². The second kappa shape index (κ2) is 7.78. The number of amides is 1. The summed E-state index contributed by atoms with van der Waals surface area (Å²) in [6.07, 6.45) is 3.70. The number of rotatable bonds is 5. The van der Waals surface area contributed by atoms with Gasteiger partial charge in [-0.3, -0.25) is 19.6 Å². The molecule has 0 aliphatic carbocycles. The van der Waals surface area contributed by atoms with Crippen LogP contribution >= 0.6 is 0 Å². The Hall–Kier alpha value is -4.24. The number of pyridine rings is 2. The van der Waals surface area contributed by atoms with E-state index in [1.807, 2.05) is 42.5 Å². The summed E-state index contributed by atoms with van der Waals surface area (Å²) in [5.74, 6) is -1.64. The SMILES string of the molecule is N[C@@H](Cc1ccc2nc3c4cccnc4c4ncccc4c3nc2c1)C(=O)NCC(=O)O. The lowest BCUT2D eigenvalue weighted by molar-refractivity contribution is -0.138. The zero-order chi connectivity index (χ0) is 22.2. The molecular weight excluding hydrogens is 408 g/mol. The fourth-order valence-corrected chi connectivity index (χ4v) is 3.81. The summed E-state index contributed by atoms with van der Waals surface area (Å²) in [4.78, 5) is 41.4. The van der Waals surface area contributed by atoms with Crippen molar-refractivity contribution in [1.82, 2.24) is 25.3 Å². The summed E-state index contributed by atoms with van der Waals surface area (Å²) in [6.45, 7) is -0.467. The number of fused-ring (bicyclic) bond motifs is 7. The Morgan fingerprint density at radius 2 is 1.53 bits per heavy atom. The van der Waals surface area contributed by atoms with Crippen LogP contribution < -0.4 is 11.1 Å². The highest BCUT2D eigenvalue weighted by molar-refractivity contribution is 6.21. The number of aromatic nitrogens is 4. The molecule has 0 aliphatic rings. The molecule has 3 heterocycles. The summed E-state index contributed by atoms with van der Waals surface area (Å²) in [5.41, 5.74) is 11.1. The fourth-order valence-electron chi connectivity index (χ4n) is 3.81. The van der Waals surface area contributed by atoms with Crippen molar-refractivity contribution < 1.29 is 14.7 Å². The highest BCUT2D eigenvalue weighted by Gasteiger charge is 2.17. The summed E-state index contributed by atoms with van der Waals surface area (Å²) in [5, 5.41) is 12.7. The Balaban J connectivity index is 1.60. The van der Waals surface area contributed by atoms with E-state index in [0.29, 0.717) is 11.0 Å². The van der Waals surface area contributed by atoms with Crippen LogP contribution in [0.1, 0.15) is 5.56 Å². The minimum absolute atomic E-state index is 0.241. The molecule has 0 radical (unpaired) electrons. The molecule has 0 bridgehead atoms. The number of nitrogens with two attached hydrogens (primary N) is 1. The minimum atomic E-state index is -1.12. The molecule has 0 spiro atoms. The molecule has 0 unspecified atom stereocenters. The van der Waals surface area contributed by atoms with E-state index in [1.165, 1.54) is 0 Å². The largest absolute Gasteiger partial charge is 0.480 e. The molecule has 0 aliphatic heterocycles. The first-order chi connectivity index (χ1) is 15.5. The Bertz CT molecular complexity index is 1530. The number of nitrogens with one attached hydrogen (secondary N) is 1. The normalized spacial score (nSPS) is 12.4. The van der Waals surface area contributed by atoms with Gasteiger partial charge in [-0.15, -0.1) is 0 Å². The number of hydrogen-bond donors (Lipinski definition) is 3. The predicted molar refractivity (Wildman–Crippen MR) is 120 cm³/mol. The smallest absolute Gasteiger partial charge is 0.322 e. The van der Waals surface area contributed by atoms with Crippen LogP contribution in [0.4, 0.5) is 0 Å². The first kappa shape index (κ1) is 19.7. The van der Waals surface area contributed by atoms with Gasteiger partial charge in [-0.1, -0.05) is 6.07 Å². The monoisotopic (exact) mass is 426 g/mol. The number of aliphatic carboxylic acids is 1. The van der Waals surface area contributed by atoms with Crippen molar-refractivity contribution >= 4 is 55.7 Å². The van der Waals surface area contributed by atoms with Crippen molar-refractivity contribution in [3.05, 3.63) is 60.4 Å². The predicted octanol–water partition coefficient (Wildman–Crippen LogP) is 1.95. The molecule has 158 valence electrons. The lowest BCUT2D eigenvalue weighted by Gasteiger charge is -2.12. The van der Waals surface area contributed by atoms with E-state index < -0.39 is 24.5 Å². The highest BCUT2D eigenvalue weighted by Crippen LogP contribution is 2.31. The highest BCUT2D eigenvalue weighted by atomic mass is 16.4. The average Bonchev–Trinajstić information content (AvgIpc) is 2.81. The van der Waals surface area contributed by atoms with Crippen LogP contribution in [0.15, 0.2) is 54.9 Å². The number of carbonyl (C=O) groups excluding carboxylic acids is 1. The van der Waals surface area contributed by atoms with Gasteiger partial charge in [-0.25, -0.2) is 9.97 Å². The standard InChI is InChI=1S/C23H18N6O3/c24-15(23(32)27-11-18(30)31)9-12-5-6-16-17(10-12)29-22-14-4-2-8-26-20(14)19-13(21(22)28-16)3-1-7-25-19/h1-8,10,15H,9,11,24H2,(H,27,32)(H,30,31)/t15-/m0/s1. The lowest BCUT2D eigenvalue weighted by atomic mass is 10.0.